The third-order valence-corrected chi connectivity index (χ3v) is 4.76. The number of nitrogens with two attached hydrogens (primary N) is 1. The highest BCUT2D eigenvalue weighted by molar-refractivity contribution is 5.99. The fourth-order valence-electron chi connectivity index (χ4n) is 3.09. The average molecular weight is 425 g/mol. The van der Waals surface area contributed by atoms with Crippen LogP contribution in [0.25, 0.3) is 0 Å². The van der Waals surface area contributed by atoms with Crippen LogP contribution in [0.2, 0.25) is 0 Å². The molecule has 10 heteroatoms. The van der Waals surface area contributed by atoms with Crippen LogP contribution in [-0.4, -0.2) is 48.9 Å². The summed E-state index contributed by atoms with van der Waals surface area (Å²) in [5, 5.41) is 5.61. The number of nitrogens with zero attached hydrogens (tertiary/aromatic N) is 2. The lowest BCUT2D eigenvalue weighted by molar-refractivity contribution is -0.138. The smallest absolute Gasteiger partial charge is 0.384 e. The molecule has 1 heterocycles. The minimum absolute atomic E-state index is 0.00381. The first kappa shape index (κ1) is 23.4. The number of carbonyl (C=O) groups excluding carboxylic acids is 2. The van der Waals surface area contributed by atoms with Gasteiger partial charge < -0.3 is 21.3 Å². The number of piperidine rings is 1. The normalized spacial score (nSPS) is 16.1. The Morgan fingerprint density at radius 1 is 1.27 bits per heavy atom. The Morgan fingerprint density at radius 2 is 1.93 bits per heavy atom. The zero-order valence-corrected chi connectivity index (χ0v) is 16.7. The van der Waals surface area contributed by atoms with Crippen molar-refractivity contribution in [2.75, 3.05) is 20.1 Å². The molecule has 0 saturated carbocycles. The van der Waals surface area contributed by atoms with E-state index in [1.165, 1.54) is 31.3 Å². The van der Waals surface area contributed by atoms with Gasteiger partial charge in [-0.05, 0) is 30.5 Å². The van der Waals surface area contributed by atoms with Gasteiger partial charge >= 0.3 is 12.2 Å². The SMILES string of the molecule is CNC(=O)C/C=C\C(N)=N/C(=O)N1CCC(NCc2ccccc2C(F)(F)F)CC1. The third-order valence-electron chi connectivity index (χ3n) is 4.76. The van der Waals surface area contributed by atoms with E-state index in [4.69, 9.17) is 5.73 Å². The Bertz CT molecular complexity index is 800. The highest BCUT2D eigenvalue weighted by Gasteiger charge is 2.33. The predicted molar refractivity (Wildman–Crippen MR) is 108 cm³/mol. The molecular weight excluding hydrogens is 399 g/mol. The lowest BCUT2D eigenvalue weighted by Gasteiger charge is -2.31. The molecule has 1 fully saturated rings. The van der Waals surface area contributed by atoms with Gasteiger partial charge in [-0.15, -0.1) is 0 Å². The number of rotatable bonds is 6. The monoisotopic (exact) mass is 425 g/mol. The summed E-state index contributed by atoms with van der Waals surface area (Å²) in [6, 6.07) is 5.02. The van der Waals surface area contributed by atoms with Crippen molar-refractivity contribution >= 4 is 17.8 Å². The zero-order valence-electron chi connectivity index (χ0n) is 16.7. The first-order valence-corrected chi connectivity index (χ1v) is 9.59. The minimum atomic E-state index is -4.39. The second-order valence-electron chi connectivity index (χ2n) is 6.90. The van der Waals surface area contributed by atoms with Crippen LogP contribution in [0.4, 0.5) is 18.0 Å². The molecule has 0 atom stereocenters. The van der Waals surface area contributed by atoms with Crippen LogP contribution in [0.3, 0.4) is 0 Å². The quantitative estimate of drug-likeness (QED) is 0.481. The van der Waals surface area contributed by atoms with Crippen molar-refractivity contribution in [3.63, 3.8) is 0 Å². The molecule has 2 rings (SSSR count). The van der Waals surface area contributed by atoms with Crippen LogP contribution < -0.4 is 16.4 Å². The van der Waals surface area contributed by atoms with Crippen molar-refractivity contribution in [1.29, 1.82) is 0 Å². The standard InChI is InChI=1S/C20H26F3N5O2/c1-25-18(29)8-4-7-17(24)27-19(30)28-11-9-15(10-12-28)26-13-14-5-2-3-6-16(14)20(21,22)23/h2-7,15,26H,8-13H2,1H3,(H,25,29)(H2,24,27,30)/b7-4-. The van der Waals surface area contributed by atoms with Gasteiger partial charge in [-0.3, -0.25) is 4.79 Å². The van der Waals surface area contributed by atoms with Crippen LogP contribution in [0.1, 0.15) is 30.4 Å². The topological polar surface area (TPSA) is 99.8 Å². The first-order valence-electron chi connectivity index (χ1n) is 9.59. The summed E-state index contributed by atoms with van der Waals surface area (Å²) in [5.41, 5.74) is 5.24. The zero-order chi connectivity index (χ0) is 22.1. The number of amides is 3. The summed E-state index contributed by atoms with van der Waals surface area (Å²) >= 11 is 0. The summed E-state index contributed by atoms with van der Waals surface area (Å²) in [7, 11) is 1.52. The number of likely N-dealkylation sites (tertiary alicyclic amines) is 1. The van der Waals surface area contributed by atoms with E-state index in [0.29, 0.717) is 25.9 Å². The number of urea groups is 1. The molecule has 0 spiro atoms. The molecule has 0 unspecified atom stereocenters. The van der Waals surface area contributed by atoms with Crippen LogP contribution >= 0.6 is 0 Å². The largest absolute Gasteiger partial charge is 0.416 e. The predicted octanol–water partition coefficient (Wildman–Crippen LogP) is 2.43. The molecule has 164 valence electrons. The van der Waals surface area contributed by atoms with Crippen molar-refractivity contribution in [3.05, 3.63) is 47.5 Å². The van der Waals surface area contributed by atoms with Crippen LogP contribution in [0, 0.1) is 0 Å². The molecule has 0 bridgehead atoms. The maximum absolute atomic E-state index is 13.1. The molecule has 0 aliphatic carbocycles. The van der Waals surface area contributed by atoms with E-state index in [-0.39, 0.29) is 36.3 Å². The number of halogens is 3. The molecule has 4 N–H and O–H groups in total. The molecule has 30 heavy (non-hydrogen) atoms. The van der Waals surface area contributed by atoms with E-state index in [1.54, 1.807) is 11.0 Å². The summed E-state index contributed by atoms with van der Waals surface area (Å²) in [6.45, 7) is 0.960. The van der Waals surface area contributed by atoms with Gasteiger partial charge in [0.2, 0.25) is 5.91 Å². The van der Waals surface area contributed by atoms with Gasteiger partial charge in [0.05, 0.1) is 5.56 Å². The van der Waals surface area contributed by atoms with E-state index >= 15 is 0 Å². The molecular formula is C20H26F3N5O2. The molecule has 1 aliphatic rings. The average Bonchev–Trinajstić information content (AvgIpc) is 2.72. The fraction of sp³-hybridized carbons (Fsp3) is 0.450. The summed E-state index contributed by atoms with van der Waals surface area (Å²) in [6.07, 6.45) is -0.140. The van der Waals surface area contributed by atoms with Crippen molar-refractivity contribution < 1.29 is 22.8 Å². The number of carbonyl (C=O) groups is 2. The molecule has 7 nitrogen and oxygen atoms in total. The Morgan fingerprint density at radius 3 is 2.57 bits per heavy atom. The highest BCUT2D eigenvalue weighted by atomic mass is 19.4. The Hall–Kier alpha value is -2.88. The van der Waals surface area contributed by atoms with Crippen molar-refractivity contribution in [2.45, 2.75) is 38.0 Å². The van der Waals surface area contributed by atoms with Crippen LogP contribution in [0.15, 0.2) is 41.4 Å². The molecule has 1 aromatic rings. The van der Waals surface area contributed by atoms with Gasteiger partial charge in [-0.1, -0.05) is 24.3 Å². The van der Waals surface area contributed by atoms with E-state index in [9.17, 15) is 22.8 Å². The van der Waals surface area contributed by atoms with Crippen LogP contribution in [0.5, 0.6) is 0 Å². The number of hydrogen-bond donors (Lipinski definition) is 3. The van der Waals surface area contributed by atoms with Crippen molar-refractivity contribution in [2.24, 2.45) is 10.7 Å². The molecule has 0 radical (unpaired) electrons. The van der Waals surface area contributed by atoms with Gasteiger partial charge in [0, 0.05) is 39.1 Å². The number of benzene rings is 1. The van der Waals surface area contributed by atoms with Gasteiger partial charge in [0.25, 0.3) is 0 Å². The Kier molecular flexibility index (Phi) is 8.40. The summed E-state index contributed by atoms with van der Waals surface area (Å²) in [5.74, 6) is -0.175. The summed E-state index contributed by atoms with van der Waals surface area (Å²) < 4.78 is 39.2. The van der Waals surface area contributed by atoms with Crippen molar-refractivity contribution in [1.82, 2.24) is 15.5 Å². The number of alkyl halides is 3. The molecule has 1 aliphatic heterocycles. The van der Waals surface area contributed by atoms with Crippen molar-refractivity contribution in [3.8, 4) is 0 Å². The fourth-order valence-corrected chi connectivity index (χ4v) is 3.09. The first-order chi connectivity index (χ1) is 14.2. The lowest BCUT2D eigenvalue weighted by Crippen LogP contribution is -2.44. The number of nitrogens with one attached hydrogen (secondary N) is 2. The van der Waals surface area contributed by atoms with E-state index in [0.717, 1.165) is 6.07 Å². The van der Waals surface area contributed by atoms with E-state index < -0.39 is 17.8 Å². The minimum Gasteiger partial charge on any atom is -0.384 e. The lowest BCUT2D eigenvalue weighted by atomic mass is 10.0. The van der Waals surface area contributed by atoms with Crippen LogP contribution in [-0.2, 0) is 17.5 Å². The molecule has 1 aromatic carbocycles. The number of aliphatic imine (C=N–C) groups is 1. The highest BCUT2D eigenvalue weighted by Crippen LogP contribution is 2.31. The van der Waals surface area contributed by atoms with Gasteiger partial charge in [0.15, 0.2) is 0 Å². The second kappa shape index (κ2) is 10.8. The second-order valence-corrected chi connectivity index (χ2v) is 6.90. The molecule has 3 amide bonds. The van der Waals surface area contributed by atoms with Gasteiger partial charge in [-0.2, -0.15) is 18.2 Å². The van der Waals surface area contributed by atoms with E-state index in [2.05, 4.69) is 15.6 Å². The van der Waals surface area contributed by atoms with E-state index in [1.807, 2.05) is 0 Å². The Balaban J connectivity index is 1.82. The number of hydrogen-bond acceptors (Lipinski definition) is 3. The van der Waals surface area contributed by atoms with Gasteiger partial charge in [0.1, 0.15) is 5.84 Å². The maximum atomic E-state index is 13.1. The number of amidine groups is 1. The third kappa shape index (κ3) is 7.18. The van der Waals surface area contributed by atoms with Gasteiger partial charge in [-0.25, -0.2) is 4.79 Å². The Labute approximate surface area is 173 Å². The maximum Gasteiger partial charge on any atom is 0.416 e. The molecule has 0 aromatic heterocycles. The summed E-state index contributed by atoms with van der Waals surface area (Å²) in [4.78, 5) is 28.7. The molecule has 1 saturated heterocycles.